The first kappa shape index (κ1) is 20.4. The number of allylic oxidation sites excluding steroid dienone is 8. The van der Waals surface area contributed by atoms with E-state index in [4.69, 9.17) is 5.11 Å². The molecule has 0 aromatic carbocycles. The van der Waals surface area contributed by atoms with Gasteiger partial charge in [0.2, 0.25) is 0 Å². The van der Waals surface area contributed by atoms with Gasteiger partial charge in [0.15, 0.2) is 0 Å². The summed E-state index contributed by atoms with van der Waals surface area (Å²) in [6.45, 7) is 2.25. The molecule has 0 aromatic rings. The maximum Gasteiger partial charge on any atom is 0.303 e. The first-order chi connectivity index (χ1) is 10.8. The van der Waals surface area contributed by atoms with E-state index < -0.39 is 5.97 Å². The van der Waals surface area contributed by atoms with Gasteiger partial charge in [0, 0.05) is 6.42 Å². The van der Waals surface area contributed by atoms with E-state index >= 15 is 0 Å². The maximum atomic E-state index is 10.3. The summed E-state index contributed by atoms with van der Waals surface area (Å²) in [7, 11) is 0. The van der Waals surface area contributed by atoms with Crippen molar-refractivity contribution in [3.63, 3.8) is 0 Å². The van der Waals surface area contributed by atoms with Crippen LogP contribution in [0.2, 0.25) is 0 Å². The predicted octanol–water partition coefficient (Wildman–Crippen LogP) is 6.22. The van der Waals surface area contributed by atoms with E-state index in [1.54, 1.807) is 0 Å². The summed E-state index contributed by atoms with van der Waals surface area (Å²) in [6, 6.07) is 0. The Morgan fingerprint density at radius 3 is 2.18 bits per heavy atom. The molecule has 0 radical (unpaired) electrons. The fourth-order valence-corrected chi connectivity index (χ4v) is 2.00. The largest absolute Gasteiger partial charge is 0.481 e. The number of carboxylic acids is 1. The van der Waals surface area contributed by atoms with Crippen LogP contribution in [-0.4, -0.2) is 11.1 Å². The molecule has 0 heterocycles. The molecule has 0 bridgehead atoms. The van der Waals surface area contributed by atoms with Crippen molar-refractivity contribution >= 4 is 5.97 Å². The van der Waals surface area contributed by atoms with Crippen LogP contribution in [0.4, 0.5) is 0 Å². The van der Waals surface area contributed by atoms with Crippen molar-refractivity contribution in [2.24, 2.45) is 0 Å². The smallest absolute Gasteiger partial charge is 0.303 e. The minimum atomic E-state index is -0.749. The molecule has 0 fully saturated rings. The highest BCUT2D eigenvalue weighted by Crippen LogP contribution is 2.07. The summed E-state index contributed by atoms with van der Waals surface area (Å²) in [5.74, 6) is -0.749. The highest BCUT2D eigenvalue weighted by Gasteiger charge is 1.90. The molecule has 0 aliphatic carbocycles. The Morgan fingerprint density at radius 1 is 0.773 bits per heavy atom. The number of carboxylic acid groups (broad SMARTS) is 1. The molecule has 1 N–H and O–H groups in total. The Morgan fingerprint density at radius 2 is 1.45 bits per heavy atom. The molecule has 0 amide bonds. The minimum Gasteiger partial charge on any atom is -0.481 e. The first-order valence-electron chi connectivity index (χ1n) is 8.62. The van der Waals surface area contributed by atoms with Crippen molar-refractivity contribution in [3.8, 4) is 0 Å². The van der Waals surface area contributed by atoms with E-state index in [9.17, 15) is 4.79 Å². The lowest BCUT2D eigenvalue weighted by Crippen LogP contribution is -1.91. The van der Waals surface area contributed by atoms with Crippen LogP contribution in [0, 0.1) is 0 Å². The van der Waals surface area contributed by atoms with E-state index in [2.05, 4.69) is 25.2 Å². The summed E-state index contributed by atoms with van der Waals surface area (Å²) in [5.41, 5.74) is 0. The molecule has 2 nitrogen and oxygen atoms in total. The van der Waals surface area contributed by atoms with Crippen LogP contribution in [0.15, 0.2) is 48.6 Å². The summed E-state index contributed by atoms with van der Waals surface area (Å²) >= 11 is 0. The zero-order valence-electron chi connectivity index (χ0n) is 14.0. The molecule has 0 aromatic heterocycles. The Kier molecular flexibility index (Phi) is 16.2. The predicted molar refractivity (Wildman–Crippen MR) is 96.0 cm³/mol. The molecule has 0 saturated carbocycles. The zero-order chi connectivity index (χ0) is 16.3. The van der Waals surface area contributed by atoms with Crippen LogP contribution < -0.4 is 0 Å². The number of carbonyl (C=O) groups is 1. The van der Waals surface area contributed by atoms with Gasteiger partial charge in [-0.1, -0.05) is 87.6 Å². The molecule has 124 valence electrons. The lowest BCUT2D eigenvalue weighted by Gasteiger charge is -1.97. The van der Waals surface area contributed by atoms with Crippen molar-refractivity contribution in [1.82, 2.24) is 0 Å². The van der Waals surface area contributed by atoms with Gasteiger partial charge in [0.25, 0.3) is 0 Å². The standard InChI is InChI=1S/C20H32O2/c1-2-3-4-5-6-7-8-9-10-11-12-13-14-15-16-17-18-19-20(21)22/h9-10,12-17H,2-8,11,18-19H2,1H3,(H,21,22)/b10-9+,13-12+,15-14+,17-16+. The Bertz CT molecular complexity index is 362. The number of aliphatic carboxylic acids is 1. The van der Waals surface area contributed by atoms with Crippen molar-refractivity contribution < 1.29 is 9.90 Å². The summed E-state index contributed by atoms with van der Waals surface area (Å²) < 4.78 is 0. The normalized spacial score (nSPS) is 12.4. The maximum absolute atomic E-state index is 10.3. The van der Waals surface area contributed by atoms with E-state index in [0.29, 0.717) is 6.42 Å². The molecular formula is C20H32O2. The third-order valence-electron chi connectivity index (χ3n) is 3.29. The van der Waals surface area contributed by atoms with Crippen molar-refractivity contribution in [3.05, 3.63) is 48.6 Å². The van der Waals surface area contributed by atoms with Crippen LogP contribution in [0.25, 0.3) is 0 Å². The molecule has 0 saturated heterocycles. The van der Waals surface area contributed by atoms with Crippen LogP contribution in [0.3, 0.4) is 0 Å². The fraction of sp³-hybridized carbons (Fsp3) is 0.550. The van der Waals surface area contributed by atoms with Crippen LogP contribution >= 0.6 is 0 Å². The van der Waals surface area contributed by atoms with Crippen LogP contribution in [0.1, 0.15) is 71.1 Å². The van der Waals surface area contributed by atoms with Crippen LogP contribution in [-0.2, 0) is 4.79 Å². The quantitative estimate of drug-likeness (QED) is 0.235. The Hall–Kier alpha value is -1.57. The third kappa shape index (κ3) is 18.4. The highest BCUT2D eigenvalue weighted by molar-refractivity contribution is 5.66. The lowest BCUT2D eigenvalue weighted by atomic mass is 10.1. The molecule has 2 heteroatoms. The summed E-state index contributed by atoms with van der Waals surface area (Å²) in [4.78, 5) is 10.3. The average molecular weight is 304 g/mol. The summed E-state index contributed by atoms with van der Waals surface area (Å²) in [5, 5.41) is 8.47. The van der Waals surface area contributed by atoms with Gasteiger partial charge < -0.3 is 5.11 Å². The average Bonchev–Trinajstić information content (AvgIpc) is 2.50. The number of hydrogen-bond acceptors (Lipinski definition) is 1. The van der Waals surface area contributed by atoms with Gasteiger partial charge in [-0.05, 0) is 25.7 Å². The first-order valence-corrected chi connectivity index (χ1v) is 8.62. The van der Waals surface area contributed by atoms with Crippen molar-refractivity contribution in [2.75, 3.05) is 0 Å². The van der Waals surface area contributed by atoms with Gasteiger partial charge in [-0.3, -0.25) is 4.79 Å². The monoisotopic (exact) mass is 304 g/mol. The SMILES string of the molecule is CCCCCCCC/C=C/C/C=C/C=C/C=C/CCC(=O)O. The van der Waals surface area contributed by atoms with Gasteiger partial charge in [0.05, 0.1) is 0 Å². The molecule has 0 aliphatic heterocycles. The second kappa shape index (κ2) is 17.5. The Balaban J connectivity index is 3.42. The van der Waals surface area contributed by atoms with Gasteiger partial charge in [-0.15, -0.1) is 0 Å². The molecule has 0 aliphatic rings. The van der Waals surface area contributed by atoms with Gasteiger partial charge in [-0.25, -0.2) is 0 Å². The van der Waals surface area contributed by atoms with Gasteiger partial charge in [-0.2, -0.15) is 0 Å². The molecule has 0 atom stereocenters. The zero-order valence-corrected chi connectivity index (χ0v) is 14.0. The number of hydrogen-bond donors (Lipinski definition) is 1. The molecule has 0 rings (SSSR count). The molecular weight excluding hydrogens is 272 g/mol. The van der Waals surface area contributed by atoms with Gasteiger partial charge >= 0.3 is 5.97 Å². The number of rotatable bonds is 14. The number of unbranched alkanes of at least 4 members (excludes halogenated alkanes) is 6. The van der Waals surface area contributed by atoms with E-state index in [-0.39, 0.29) is 6.42 Å². The topological polar surface area (TPSA) is 37.3 Å². The van der Waals surface area contributed by atoms with Crippen molar-refractivity contribution in [1.29, 1.82) is 0 Å². The lowest BCUT2D eigenvalue weighted by molar-refractivity contribution is -0.136. The second-order valence-electron chi connectivity index (χ2n) is 5.44. The summed E-state index contributed by atoms with van der Waals surface area (Å²) in [6.07, 6.45) is 27.4. The van der Waals surface area contributed by atoms with E-state index in [0.717, 1.165) is 6.42 Å². The molecule has 0 unspecified atom stereocenters. The second-order valence-corrected chi connectivity index (χ2v) is 5.44. The van der Waals surface area contributed by atoms with Crippen LogP contribution in [0.5, 0.6) is 0 Å². The van der Waals surface area contributed by atoms with E-state index in [1.807, 2.05) is 30.4 Å². The molecule has 22 heavy (non-hydrogen) atoms. The van der Waals surface area contributed by atoms with Gasteiger partial charge in [0.1, 0.15) is 0 Å². The highest BCUT2D eigenvalue weighted by atomic mass is 16.4. The Labute approximate surface area is 136 Å². The fourth-order valence-electron chi connectivity index (χ4n) is 2.00. The minimum absolute atomic E-state index is 0.198. The third-order valence-corrected chi connectivity index (χ3v) is 3.29. The van der Waals surface area contributed by atoms with Crippen molar-refractivity contribution in [2.45, 2.75) is 71.1 Å². The molecule has 0 spiro atoms. The van der Waals surface area contributed by atoms with E-state index in [1.165, 1.54) is 44.9 Å².